The Morgan fingerprint density at radius 1 is 1.14 bits per heavy atom. The number of nitrogens with zero attached hydrogens (tertiary/aromatic N) is 3. The molecule has 1 amide bonds. The number of hydrogen-bond donors (Lipinski definition) is 1. The molecule has 0 aliphatic rings. The van der Waals surface area contributed by atoms with Gasteiger partial charge in [0.15, 0.2) is 11.0 Å². The lowest BCUT2D eigenvalue weighted by Crippen LogP contribution is -2.22. The van der Waals surface area contributed by atoms with E-state index in [-0.39, 0.29) is 23.8 Å². The molecule has 0 saturated heterocycles. The molecule has 0 aliphatic carbocycles. The van der Waals surface area contributed by atoms with E-state index in [1.807, 2.05) is 0 Å². The summed E-state index contributed by atoms with van der Waals surface area (Å²) in [6.07, 6.45) is 0. The van der Waals surface area contributed by atoms with Gasteiger partial charge in [0.05, 0.1) is 11.7 Å². The summed E-state index contributed by atoms with van der Waals surface area (Å²) in [5, 5.41) is 22.8. The van der Waals surface area contributed by atoms with Gasteiger partial charge in [-0.25, -0.2) is 0 Å². The lowest BCUT2D eigenvalue weighted by atomic mass is 10.2. The Morgan fingerprint density at radius 3 is 2.48 bits per heavy atom. The third kappa shape index (κ3) is 5.72. The fourth-order valence-electron chi connectivity index (χ4n) is 2.29. The van der Waals surface area contributed by atoms with E-state index < -0.39 is 5.97 Å². The van der Waals surface area contributed by atoms with Gasteiger partial charge in [-0.3, -0.25) is 4.79 Å². The van der Waals surface area contributed by atoms with Crippen LogP contribution in [0.3, 0.4) is 0 Å². The third-order valence-electron chi connectivity index (χ3n) is 3.84. The van der Waals surface area contributed by atoms with Gasteiger partial charge in [0.2, 0.25) is 5.91 Å². The Labute approximate surface area is 175 Å². The number of benzene rings is 2. The summed E-state index contributed by atoms with van der Waals surface area (Å²) in [6, 6.07) is 12.7. The molecule has 0 aliphatic heterocycles. The molecular weight excluding hydrogens is 416 g/mol. The monoisotopic (exact) mass is 431 g/mol. The summed E-state index contributed by atoms with van der Waals surface area (Å²) in [4.78, 5) is 22.8. The number of carboxylic acid groups (broad SMARTS) is 1. The van der Waals surface area contributed by atoms with Gasteiger partial charge >= 0.3 is 0 Å². The van der Waals surface area contributed by atoms with Crippen LogP contribution >= 0.6 is 23.4 Å². The van der Waals surface area contributed by atoms with E-state index in [1.165, 1.54) is 36.0 Å². The number of rotatable bonds is 8. The zero-order valence-corrected chi connectivity index (χ0v) is 16.9. The van der Waals surface area contributed by atoms with Gasteiger partial charge in [0.1, 0.15) is 12.4 Å². The second kappa shape index (κ2) is 9.44. The molecule has 0 radical (unpaired) electrons. The van der Waals surface area contributed by atoms with E-state index in [0.717, 1.165) is 0 Å². The Kier molecular flexibility index (Phi) is 6.73. The molecule has 0 unspecified atom stereocenters. The van der Waals surface area contributed by atoms with E-state index >= 15 is 0 Å². The summed E-state index contributed by atoms with van der Waals surface area (Å²) in [5.41, 5.74) is 0.542. The Bertz CT molecular complexity index is 1010. The molecule has 10 heteroatoms. The Balaban J connectivity index is 1.50. The van der Waals surface area contributed by atoms with E-state index in [9.17, 15) is 14.7 Å². The molecule has 3 rings (SSSR count). The first-order valence-electron chi connectivity index (χ1n) is 8.43. The van der Waals surface area contributed by atoms with Gasteiger partial charge < -0.3 is 24.5 Å². The van der Waals surface area contributed by atoms with Crippen LogP contribution < -0.4 is 15.2 Å². The summed E-state index contributed by atoms with van der Waals surface area (Å²) < 4.78 is 7.41. The van der Waals surface area contributed by atoms with Crippen molar-refractivity contribution in [1.29, 1.82) is 0 Å². The highest BCUT2D eigenvalue weighted by Gasteiger charge is 2.12. The molecule has 0 fully saturated rings. The zero-order valence-electron chi connectivity index (χ0n) is 15.3. The van der Waals surface area contributed by atoms with Crippen molar-refractivity contribution in [3.63, 3.8) is 0 Å². The van der Waals surface area contributed by atoms with E-state index in [0.29, 0.717) is 27.4 Å². The van der Waals surface area contributed by atoms with Crippen molar-refractivity contribution in [2.75, 3.05) is 11.1 Å². The van der Waals surface area contributed by atoms with Crippen LogP contribution in [0, 0.1) is 0 Å². The minimum atomic E-state index is -1.27. The molecule has 3 aromatic rings. The number of carbonyl (C=O) groups excluding carboxylic acids is 2. The summed E-state index contributed by atoms with van der Waals surface area (Å²) in [5.74, 6) is -0.127. The predicted molar refractivity (Wildman–Crippen MR) is 107 cm³/mol. The largest absolute Gasteiger partial charge is 0.545 e. The van der Waals surface area contributed by atoms with Gasteiger partial charge in [0, 0.05) is 17.8 Å². The second-order valence-electron chi connectivity index (χ2n) is 5.90. The quantitative estimate of drug-likeness (QED) is 0.544. The van der Waals surface area contributed by atoms with Crippen molar-refractivity contribution < 1.29 is 19.4 Å². The zero-order chi connectivity index (χ0) is 20.8. The highest BCUT2D eigenvalue weighted by Crippen LogP contribution is 2.19. The number of thioether (sulfide) groups is 1. The van der Waals surface area contributed by atoms with E-state index in [2.05, 4.69) is 15.5 Å². The first-order valence-corrected chi connectivity index (χ1v) is 9.79. The van der Waals surface area contributed by atoms with Crippen LogP contribution in [0.2, 0.25) is 5.02 Å². The Morgan fingerprint density at radius 2 is 1.83 bits per heavy atom. The standard InChI is InChI=1S/C19H17ClN4O4S/c1-24-16(10-28-15-8-4-13(20)5-9-15)22-23-19(24)29-11-17(25)21-14-6-2-12(3-7-14)18(26)27/h2-9H,10-11H2,1H3,(H,21,25)(H,26,27)/p-1. The first-order chi connectivity index (χ1) is 13.9. The number of anilines is 1. The maximum atomic E-state index is 12.1. The van der Waals surface area contributed by atoms with Gasteiger partial charge in [0.25, 0.3) is 0 Å². The van der Waals surface area contributed by atoms with Crippen molar-refractivity contribution in [2.24, 2.45) is 7.05 Å². The molecule has 0 spiro atoms. The van der Waals surface area contributed by atoms with Crippen LogP contribution in [0.15, 0.2) is 53.7 Å². The fourth-order valence-corrected chi connectivity index (χ4v) is 3.15. The third-order valence-corrected chi connectivity index (χ3v) is 5.12. The number of aromatic nitrogens is 3. The van der Waals surface area contributed by atoms with E-state index in [4.69, 9.17) is 16.3 Å². The average Bonchev–Trinajstić information content (AvgIpc) is 3.06. The molecule has 29 heavy (non-hydrogen) atoms. The predicted octanol–water partition coefficient (Wildman–Crippen LogP) is 2.14. The summed E-state index contributed by atoms with van der Waals surface area (Å²) >= 11 is 7.07. The molecular formula is C19H16ClN4O4S-. The van der Waals surface area contributed by atoms with Crippen molar-refractivity contribution in [2.45, 2.75) is 11.8 Å². The summed E-state index contributed by atoms with van der Waals surface area (Å²) in [7, 11) is 1.79. The van der Waals surface area contributed by atoms with E-state index in [1.54, 1.807) is 35.9 Å². The number of halogens is 1. The molecule has 150 valence electrons. The normalized spacial score (nSPS) is 10.6. The number of aromatic carboxylic acids is 1. The minimum absolute atomic E-state index is 0.0461. The minimum Gasteiger partial charge on any atom is -0.545 e. The fraction of sp³-hybridized carbons (Fsp3) is 0.158. The highest BCUT2D eigenvalue weighted by atomic mass is 35.5. The lowest BCUT2D eigenvalue weighted by molar-refractivity contribution is -0.255. The molecule has 0 atom stereocenters. The maximum absolute atomic E-state index is 12.1. The van der Waals surface area contributed by atoms with Gasteiger partial charge in [-0.15, -0.1) is 10.2 Å². The smallest absolute Gasteiger partial charge is 0.234 e. The van der Waals surface area contributed by atoms with Crippen LogP contribution in [0.5, 0.6) is 5.75 Å². The lowest BCUT2D eigenvalue weighted by Gasteiger charge is -2.08. The van der Waals surface area contributed by atoms with Crippen molar-refractivity contribution in [1.82, 2.24) is 14.8 Å². The van der Waals surface area contributed by atoms with Crippen LogP contribution in [0.25, 0.3) is 0 Å². The molecule has 1 aromatic heterocycles. The number of hydrogen-bond acceptors (Lipinski definition) is 7. The second-order valence-corrected chi connectivity index (χ2v) is 7.28. The molecule has 1 N–H and O–H groups in total. The molecule has 2 aromatic carbocycles. The van der Waals surface area contributed by atoms with Crippen LogP contribution in [0.4, 0.5) is 5.69 Å². The highest BCUT2D eigenvalue weighted by molar-refractivity contribution is 7.99. The van der Waals surface area contributed by atoms with Crippen LogP contribution in [0.1, 0.15) is 16.2 Å². The van der Waals surface area contributed by atoms with Gasteiger partial charge in [-0.2, -0.15) is 0 Å². The molecule has 0 saturated carbocycles. The average molecular weight is 432 g/mol. The summed E-state index contributed by atoms with van der Waals surface area (Å²) in [6.45, 7) is 0.225. The number of carboxylic acids is 1. The van der Waals surface area contributed by atoms with Gasteiger partial charge in [-0.05, 0) is 42.0 Å². The van der Waals surface area contributed by atoms with Crippen molar-refractivity contribution in [3.05, 3.63) is 64.9 Å². The SMILES string of the molecule is Cn1c(COc2ccc(Cl)cc2)nnc1SCC(=O)Nc1ccc(C(=O)[O-])cc1. The molecule has 1 heterocycles. The van der Waals surface area contributed by atoms with Crippen molar-refractivity contribution in [3.8, 4) is 5.75 Å². The van der Waals surface area contributed by atoms with Gasteiger partial charge in [-0.1, -0.05) is 35.5 Å². The number of carbonyl (C=O) groups is 2. The first kappa shape index (κ1) is 20.7. The topological polar surface area (TPSA) is 109 Å². The Hall–Kier alpha value is -3.04. The van der Waals surface area contributed by atoms with Crippen LogP contribution in [-0.4, -0.2) is 32.4 Å². The van der Waals surface area contributed by atoms with Crippen molar-refractivity contribution >= 4 is 40.9 Å². The number of amides is 1. The number of nitrogens with one attached hydrogen (secondary N) is 1. The maximum Gasteiger partial charge on any atom is 0.234 e. The molecule has 8 nitrogen and oxygen atoms in total. The number of ether oxygens (including phenoxy) is 1. The van der Waals surface area contributed by atoms with Crippen LogP contribution in [-0.2, 0) is 18.4 Å². The molecule has 0 bridgehead atoms.